The molecule has 46 heavy (non-hydrogen) atoms. The molecular formula is C32H41N5O7S2. The van der Waals surface area contributed by atoms with Crippen molar-refractivity contribution in [1.29, 1.82) is 0 Å². The summed E-state index contributed by atoms with van der Waals surface area (Å²) >= 11 is 2.51. The lowest BCUT2D eigenvalue weighted by Crippen LogP contribution is -2.42. The van der Waals surface area contributed by atoms with E-state index < -0.39 is 18.0 Å². The number of carboxylic acid groups (broad SMARTS) is 2. The molecule has 1 saturated carbocycles. The lowest BCUT2D eigenvalue weighted by Gasteiger charge is -2.33. The summed E-state index contributed by atoms with van der Waals surface area (Å²) in [6, 6.07) is 7.92. The number of rotatable bonds is 11. The van der Waals surface area contributed by atoms with Gasteiger partial charge in [0, 0.05) is 41.4 Å². The van der Waals surface area contributed by atoms with Gasteiger partial charge in [-0.25, -0.2) is 9.78 Å². The van der Waals surface area contributed by atoms with Crippen molar-refractivity contribution in [2.24, 2.45) is 17.6 Å². The van der Waals surface area contributed by atoms with E-state index in [1.54, 1.807) is 34.0 Å². The number of thiazole rings is 1. The molecular weight excluding hydrogens is 631 g/mol. The van der Waals surface area contributed by atoms with Gasteiger partial charge in [0.05, 0.1) is 11.2 Å². The summed E-state index contributed by atoms with van der Waals surface area (Å²) in [5.74, 6) is -2.02. The highest BCUT2D eigenvalue weighted by Crippen LogP contribution is 2.40. The maximum Gasteiger partial charge on any atom is 0.348 e. The first kappa shape index (κ1) is 36.3. The van der Waals surface area contributed by atoms with Gasteiger partial charge in [-0.05, 0) is 75.6 Å². The molecule has 3 amide bonds. The summed E-state index contributed by atoms with van der Waals surface area (Å²) in [4.78, 5) is 65.2. The number of aromatic nitrogens is 1. The topological polar surface area (TPSA) is 192 Å². The highest BCUT2D eigenvalue weighted by Gasteiger charge is 2.33. The van der Waals surface area contributed by atoms with E-state index in [1.165, 1.54) is 18.4 Å². The number of nitrogens with two attached hydrogens (primary N) is 1. The molecule has 1 aromatic carbocycles. The number of anilines is 2. The van der Waals surface area contributed by atoms with Crippen molar-refractivity contribution in [3.05, 3.63) is 51.8 Å². The number of carboxylic acids is 2. The summed E-state index contributed by atoms with van der Waals surface area (Å²) < 4.78 is 0. The molecule has 6 N–H and O–H groups in total. The minimum Gasteiger partial charge on any atom is -0.480 e. The lowest BCUT2D eigenvalue weighted by molar-refractivity contribution is -0.138. The number of carbonyl (C=O) groups is 5. The van der Waals surface area contributed by atoms with Crippen LogP contribution < -0.4 is 21.3 Å². The molecule has 2 aromatic heterocycles. The van der Waals surface area contributed by atoms with Gasteiger partial charge >= 0.3 is 11.9 Å². The van der Waals surface area contributed by atoms with Gasteiger partial charge < -0.3 is 31.5 Å². The summed E-state index contributed by atoms with van der Waals surface area (Å²) in [5.41, 5.74) is 8.99. The van der Waals surface area contributed by atoms with E-state index in [0.717, 1.165) is 47.5 Å². The van der Waals surface area contributed by atoms with Gasteiger partial charge in [-0.15, -0.1) is 22.7 Å². The summed E-state index contributed by atoms with van der Waals surface area (Å²) in [6.45, 7) is 6.06. The van der Waals surface area contributed by atoms with Crippen LogP contribution in [0.15, 0.2) is 41.2 Å². The van der Waals surface area contributed by atoms with Crippen LogP contribution in [0.2, 0.25) is 0 Å². The van der Waals surface area contributed by atoms with Gasteiger partial charge in [-0.1, -0.05) is 19.1 Å². The third-order valence-corrected chi connectivity index (χ3v) is 9.40. The molecule has 3 aromatic rings. The van der Waals surface area contributed by atoms with Gasteiger partial charge in [0.1, 0.15) is 16.6 Å². The monoisotopic (exact) mass is 671 g/mol. The molecule has 2 heterocycles. The Morgan fingerprint density at radius 3 is 2.24 bits per heavy atom. The quantitative estimate of drug-likeness (QED) is 0.180. The first-order chi connectivity index (χ1) is 21.8. The third-order valence-electron chi connectivity index (χ3n) is 7.66. The Morgan fingerprint density at radius 2 is 1.72 bits per heavy atom. The van der Waals surface area contributed by atoms with E-state index in [2.05, 4.69) is 22.5 Å². The van der Waals surface area contributed by atoms with Crippen molar-refractivity contribution in [2.45, 2.75) is 71.4 Å². The molecule has 14 heteroatoms. The molecule has 248 valence electrons. The van der Waals surface area contributed by atoms with Gasteiger partial charge in [-0.2, -0.15) is 0 Å². The van der Waals surface area contributed by atoms with Gasteiger partial charge in [0.15, 0.2) is 0 Å². The second-order valence-corrected chi connectivity index (χ2v) is 13.2. The number of hydrogen-bond acceptors (Lipinski definition) is 9. The second kappa shape index (κ2) is 17.0. The van der Waals surface area contributed by atoms with Crippen molar-refractivity contribution in [3.63, 3.8) is 0 Å². The second-order valence-electron chi connectivity index (χ2n) is 11.5. The van der Waals surface area contributed by atoms with Crippen LogP contribution >= 0.6 is 22.7 Å². The molecule has 0 bridgehead atoms. The smallest absolute Gasteiger partial charge is 0.348 e. The van der Waals surface area contributed by atoms with Crippen molar-refractivity contribution < 1.29 is 34.2 Å². The number of hydrogen-bond donors (Lipinski definition) is 5. The van der Waals surface area contributed by atoms with Crippen LogP contribution in [0.3, 0.4) is 0 Å². The standard InChI is InChI=1S/C26H29N3O4S2.C6H12N2O3/c1-15(2)29(25(31)18-6-4-16(3)5-7-18)21-12-22(35-23(21)26(32)33)17-8-10-19(11-9-17)28-24(30)20-13-34-14-27-20;1-8-5(9)3-2-4(7)6(10)11/h8-16,18H,4-7H2,1-3H3,(H,28,30)(H,32,33);4H,2-3,7H2,1H3,(H,8,9)(H,10,11)/t16-,18-;4-/m.1/s1. The maximum absolute atomic E-state index is 13.5. The van der Waals surface area contributed by atoms with E-state index in [4.69, 9.17) is 10.8 Å². The van der Waals surface area contributed by atoms with Gasteiger partial charge in [0.2, 0.25) is 11.8 Å². The number of benzene rings is 1. The Balaban J connectivity index is 0.000000449. The number of aliphatic carboxylic acids is 1. The Kier molecular flexibility index (Phi) is 13.4. The average molecular weight is 672 g/mol. The van der Waals surface area contributed by atoms with E-state index in [-0.39, 0.29) is 47.4 Å². The van der Waals surface area contributed by atoms with Crippen molar-refractivity contribution in [3.8, 4) is 10.4 Å². The molecule has 0 aliphatic heterocycles. The van der Waals surface area contributed by atoms with Crippen molar-refractivity contribution in [2.75, 3.05) is 17.3 Å². The van der Waals surface area contributed by atoms with Gasteiger partial charge in [0.25, 0.3) is 5.91 Å². The molecule has 0 spiro atoms. The van der Waals surface area contributed by atoms with Crippen LogP contribution in [0.5, 0.6) is 0 Å². The Morgan fingerprint density at radius 1 is 1.07 bits per heavy atom. The van der Waals surface area contributed by atoms with Crippen LogP contribution in [0.25, 0.3) is 10.4 Å². The first-order valence-electron chi connectivity index (χ1n) is 15.0. The van der Waals surface area contributed by atoms with E-state index in [9.17, 15) is 29.1 Å². The minimum absolute atomic E-state index is 0.0128. The number of carbonyl (C=O) groups excluding carboxylic acids is 3. The molecule has 1 atom stereocenters. The average Bonchev–Trinajstić information content (AvgIpc) is 3.72. The van der Waals surface area contributed by atoms with Crippen molar-refractivity contribution in [1.82, 2.24) is 10.3 Å². The largest absolute Gasteiger partial charge is 0.480 e. The zero-order chi connectivity index (χ0) is 34.0. The third kappa shape index (κ3) is 9.93. The molecule has 1 fully saturated rings. The first-order valence-corrected chi connectivity index (χ1v) is 16.8. The summed E-state index contributed by atoms with van der Waals surface area (Å²) in [5, 5.41) is 25.1. The highest BCUT2D eigenvalue weighted by molar-refractivity contribution is 7.18. The number of thiophene rings is 1. The molecule has 0 saturated heterocycles. The van der Waals surface area contributed by atoms with E-state index in [0.29, 0.717) is 23.0 Å². The van der Waals surface area contributed by atoms with Crippen LogP contribution in [0, 0.1) is 11.8 Å². The normalized spacial score (nSPS) is 16.5. The van der Waals surface area contributed by atoms with Crippen molar-refractivity contribution >= 4 is 63.7 Å². The fourth-order valence-corrected chi connectivity index (χ4v) is 6.51. The van der Waals surface area contributed by atoms with Gasteiger partial charge in [-0.3, -0.25) is 19.2 Å². The summed E-state index contributed by atoms with van der Waals surface area (Å²) in [7, 11) is 1.49. The molecule has 4 rings (SSSR count). The molecule has 12 nitrogen and oxygen atoms in total. The molecule has 0 radical (unpaired) electrons. The lowest BCUT2D eigenvalue weighted by atomic mass is 9.82. The van der Waals surface area contributed by atoms with E-state index in [1.807, 2.05) is 26.0 Å². The highest BCUT2D eigenvalue weighted by atomic mass is 32.1. The number of nitrogens with one attached hydrogen (secondary N) is 2. The maximum atomic E-state index is 13.5. The zero-order valence-electron chi connectivity index (χ0n) is 26.3. The molecule has 1 aliphatic carbocycles. The van der Waals surface area contributed by atoms with Crippen LogP contribution in [0.1, 0.15) is 79.5 Å². The zero-order valence-corrected chi connectivity index (χ0v) is 28.0. The number of amides is 3. The Bertz CT molecular complexity index is 1500. The fraction of sp³-hybridized carbons (Fsp3) is 0.438. The Labute approximate surface area is 276 Å². The van der Waals surface area contributed by atoms with Crippen LogP contribution in [-0.2, 0) is 14.4 Å². The predicted octanol–water partition coefficient (Wildman–Crippen LogP) is 5.31. The van der Waals surface area contributed by atoms with Crippen LogP contribution in [0.4, 0.5) is 11.4 Å². The number of aromatic carboxylic acids is 1. The van der Waals surface area contributed by atoms with E-state index >= 15 is 0 Å². The Hall–Kier alpha value is -4.14. The summed E-state index contributed by atoms with van der Waals surface area (Å²) in [6.07, 6.45) is 4.06. The number of nitrogens with zero attached hydrogens (tertiary/aromatic N) is 2. The minimum atomic E-state index is -1.08. The molecule has 1 aliphatic rings. The SMILES string of the molecule is CC(C)N(c1cc(-c2ccc(NC(=O)c3cscn3)cc2)sc1C(=O)O)C(=O)[C@H]1CC[C@H](C)CC1.CNC(=O)CC[C@@H](N)C(=O)O. The molecule has 0 unspecified atom stereocenters. The predicted molar refractivity (Wildman–Crippen MR) is 179 cm³/mol. The fourth-order valence-electron chi connectivity index (χ4n) is 4.98. The van der Waals surface area contributed by atoms with Crippen LogP contribution in [-0.4, -0.2) is 64.0 Å².